The molecule has 0 aliphatic carbocycles. The van der Waals surface area contributed by atoms with Crippen LogP contribution in [0.2, 0.25) is 0 Å². The zero-order valence-electron chi connectivity index (χ0n) is 10.5. The summed E-state index contributed by atoms with van der Waals surface area (Å²) in [6.45, 7) is 6.88. The molecule has 2 N–H and O–H groups in total. The molecule has 0 aromatic carbocycles. The van der Waals surface area contributed by atoms with Gasteiger partial charge < -0.3 is 5.73 Å². The lowest BCUT2D eigenvalue weighted by Crippen LogP contribution is -2.34. The van der Waals surface area contributed by atoms with Crippen LogP contribution in [0.4, 0.5) is 0 Å². The molecule has 90 valence electrons. The highest BCUT2D eigenvalue weighted by Crippen LogP contribution is 2.26. The van der Waals surface area contributed by atoms with Gasteiger partial charge in [0, 0.05) is 12.1 Å². The van der Waals surface area contributed by atoms with E-state index in [4.69, 9.17) is 5.73 Å². The zero-order chi connectivity index (χ0) is 11.1. The Balaban J connectivity index is 2.13. The summed E-state index contributed by atoms with van der Waals surface area (Å²) in [5, 5.41) is 0. The van der Waals surface area contributed by atoms with E-state index in [9.17, 15) is 0 Å². The summed E-state index contributed by atoms with van der Waals surface area (Å²) in [5.74, 6) is 0. The van der Waals surface area contributed by atoms with Gasteiger partial charge in [-0.2, -0.15) is 0 Å². The third-order valence-corrected chi connectivity index (χ3v) is 3.79. The number of hydrogen-bond donors (Lipinski definition) is 1. The van der Waals surface area contributed by atoms with Crippen LogP contribution < -0.4 is 5.73 Å². The quantitative estimate of drug-likeness (QED) is 0.658. The standard InChI is InChI=1S/C13H28N2/c1-3-13-9-8-12(2)15(13)11-7-5-4-6-10-14/h12-13H,3-11,14H2,1-2H3. The molecule has 1 rings (SSSR count). The maximum atomic E-state index is 5.49. The molecule has 15 heavy (non-hydrogen) atoms. The SMILES string of the molecule is CCC1CCC(C)N1CCCCCCN. The van der Waals surface area contributed by atoms with Crippen molar-refractivity contribution in [1.82, 2.24) is 4.90 Å². The van der Waals surface area contributed by atoms with Crippen LogP contribution in [-0.2, 0) is 0 Å². The summed E-state index contributed by atoms with van der Waals surface area (Å²) in [6, 6.07) is 1.69. The van der Waals surface area contributed by atoms with Crippen LogP contribution in [-0.4, -0.2) is 30.1 Å². The Labute approximate surface area is 95.2 Å². The topological polar surface area (TPSA) is 29.3 Å². The fraction of sp³-hybridized carbons (Fsp3) is 1.00. The summed E-state index contributed by atoms with van der Waals surface area (Å²) in [7, 11) is 0. The Kier molecular flexibility index (Phi) is 6.26. The van der Waals surface area contributed by atoms with E-state index in [1.54, 1.807) is 0 Å². The molecule has 0 aromatic rings. The highest BCUT2D eigenvalue weighted by molar-refractivity contribution is 4.83. The molecule has 0 bridgehead atoms. The predicted octanol–water partition coefficient (Wildman–Crippen LogP) is 2.77. The zero-order valence-corrected chi connectivity index (χ0v) is 10.5. The van der Waals surface area contributed by atoms with Crippen LogP contribution >= 0.6 is 0 Å². The van der Waals surface area contributed by atoms with Crippen molar-refractivity contribution in [2.24, 2.45) is 5.73 Å². The number of likely N-dealkylation sites (tertiary alicyclic amines) is 1. The summed E-state index contributed by atoms with van der Waals surface area (Å²) in [5.41, 5.74) is 5.49. The predicted molar refractivity (Wildman–Crippen MR) is 67.0 cm³/mol. The molecule has 1 aliphatic heterocycles. The molecule has 0 spiro atoms. The van der Waals surface area contributed by atoms with Crippen molar-refractivity contribution in [2.75, 3.05) is 13.1 Å². The number of nitrogens with zero attached hydrogens (tertiary/aromatic N) is 1. The van der Waals surface area contributed by atoms with E-state index >= 15 is 0 Å². The van der Waals surface area contributed by atoms with Gasteiger partial charge in [-0.25, -0.2) is 0 Å². The molecule has 1 heterocycles. The van der Waals surface area contributed by atoms with Crippen molar-refractivity contribution in [3.63, 3.8) is 0 Å². The van der Waals surface area contributed by atoms with Gasteiger partial charge in [-0.3, -0.25) is 4.90 Å². The van der Waals surface area contributed by atoms with Gasteiger partial charge in [-0.1, -0.05) is 19.8 Å². The molecule has 2 unspecified atom stereocenters. The Bertz CT molecular complexity index is 159. The molecule has 2 nitrogen and oxygen atoms in total. The van der Waals surface area contributed by atoms with Gasteiger partial charge in [0.2, 0.25) is 0 Å². The summed E-state index contributed by atoms with van der Waals surface area (Å²) >= 11 is 0. The number of unbranched alkanes of at least 4 members (excludes halogenated alkanes) is 3. The second-order valence-electron chi connectivity index (χ2n) is 4.93. The second kappa shape index (κ2) is 7.24. The normalized spacial score (nSPS) is 27.4. The van der Waals surface area contributed by atoms with Gasteiger partial charge >= 0.3 is 0 Å². The molecule has 1 aliphatic rings. The van der Waals surface area contributed by atoms with Gasteiger partial charge in [0.1, 0.15) is 0 Å². The van der Waals surface area contributed by atoms with Crippen molar-refractivity contribution < 1.29 is 0 Å². The van der Waals surface area contributed by atoms with E-state index in [0.29, 0.717) is 0 Å². The van der Waals surface area contributed by atoms with Gasteiger partial charge in [-0.15, -0.1) is 0 Å². The minimum absolute atomic E-state index is 0.824. The Morgan fingerprint density at radius 1 is 1.13 bits per heavy atom. The number of nitrogens with two attached hydrogens (primary N) is 1. The van der Waals surface area contributed by atoms with E-state index in [1.165, 1.54) is 51.5 Å². The first-order valence-electron chi connectivity index (χ1n) is 6.75. The lowest BCUT2D eigenvalue weighted by Gasteiger charge is -2.27. The third kappa shape index (κ3) is 4.12. The van der Waals surface area contributed by atoms with E-state index in [0.717, 1.165) is 18.6 Å². The average molecular weight is 212 g/mol. The fourth-order valence-corrected chi connectivity index (χ4v) is 2.76. The van der Waals surface area contributed by atoms with E-state index in [-0.39, 0.29) is 0 Å². The molecule has 0 saturated carbocycles. The van der Waals surface area contributed by atoms with Crippen molar-refractivity contribution >= 4 is 0 Å². The fourth-order valence-electron chi connectivity index (χ4n) is 2.76. The Morgan fingerprint density at radius 3 is 2.53 bits per heavy atom. The maximum absolute atomic E-state index is 5.49. The minimum Gasteiger partial charge on any atom is -0.330 e. The average Bonchev–Trinajstić information content (AvgIpc) is 2.60. The first-order valence-corrected chi connectivity index (χ1v) is 6.75. The van der Waals surface area contributed by atoms with Crippen LogP contribution in [0.3, 0.4) is 0 Å². The molecule has 0 radical (unpaired) electrons. The smallest absolute Gasteiger partial charge is 0.00960 e. The van der Waals surface area contributed by atoms with Crippen molar-refractivity contribution in [3.05, 3.63) is 0 Å². The van der Waals surface area contributed by atoms with E-state index < -0.39 is 0 Å². The third-order valence-electron chi connectivity index (χ3n) is 3.79. The van der Waals surface area contributed by atoms with Crippen LogP contribution in [0.5, 0.6) is 0 Å². The number of hydrogen-bond acceptors (Lipinski definition) is 2. The first kappa shape index (κ1) is 13.0. The van der Waals surface area contributed by atoms with E-state index in [1.807, 2.05) is 0 Å². The molecule has 2 atom stereocenters. The van der Waals surface area contributed by atoms with Crippen molar-refractivity contribution in [1.29, 1.82) is 0 Å². The molecule has 2 heteroatoms. The van der Waals surface area contributed by atoms with Gasteiger partial charge in [0.05, 0.1) is 0 Å². The highest BCUT2D eigenvalue weighted by atomic mass is 15.2. The molecular weight excluding hydrogens is 184 g/mol. The lowest BCUT2D eigenvalue weighted by atomic mass is 10.1. The van der Waals surface area contributed by atoms with E-state index in [2.05, 4.69) is 18.7 Å². The van der Waals surface area contributed by atoms with Crippen LogP contribution in [0.25, 0.3) is 0 Å². The molecular formula is C13H28N2. The lowest BCUT2D eigenvalue weighted by molar-refractivity contribution is 0.194. The van der Waals surface area contributed by atoms with Gasteiger partial charge in [-0.05, 0) is 52.1 Å². The first-order chi connectivity index (χ1) is 7.29. The Morgan fingerprint density at radius 2 is 1.87 bits per heavy atom. The number of rotatable bonds is 7. The molecule has 1 fully saturated rings. The maximum Gasteiger partial charge on any atom is 0.00960 e. The highest BCUT2D eigenvalue weighted by Gasteiger charge is 2.28. The minimum atomic E-state index is 0.824. The van der Waals surface area contributed by atoms with Gasteiger partial charge in [0.15, 0.2) is 0 Å². The van der Waals surface area contributed by atoms with Crippen LogP contribution in [0, 0.1) is 0 Å². The summed E-state index contributed by atoms with van der Waals surface area (Å²) < 4.78 is 0. The van der Waals surface area contributed by atoms with Crippen molar-refractivity contribution in [2.45, 2.75) is 70.9 Å². The van der Waals surface area contributed by atoms with Crippen LogP contribution in [0.15, 0.2) is 0 Å². The summed E-state index contributed by atoms with van der Waals surface area (Å²) in [4.78, 5) is 2.72. The molecule has 0 amide bonds. The van der Waals surface area contributed by atoms with Crippen LogP contribution in [0.1, 0.15) is 58.8 Å². The molecule has 1 saturated heterocycles. The largest absolute Gasteiger partial charge is 0.330 e. The second-order valence-corrected chi connectivity index (χ2v) is 4.93. The van der Waals surface area contributed by atoms with Gasteiger partial charge in [0.25, 0.3) is 0 Å². The van der Waals surface area contributed by atoms with Crippen molar-refractivity contribution in [3.8, 4) is 0 Å². The Hall–Kier alpha value is -0.0800. The monoisotopic (exact) mass is 212 g/mol. The summed E-state index contributed by atoms with van der Waals surface area (Å²) in [6.07, 6.45) is 9.38. The molecule has 0 aromatic heterocycles.